The zero-order valence-electron chi connectivity index (χ0n) is 8.80. The first-order valence-corrected chi connectivity index (χ1v) is 5.70. The minimum Gasteiger partial charge on any atom is -0.462 e. The molecular weight excluding hydrogens is 192 g/mol. The summed E-state index contributed by atoms with van der Waals surface area (Å²) in [5.41, 5.74) is 0. The first kappa shape index (κ1) is 9.40. The van der Waals surface area contributed by atoms with Gasteiger partial charge in [-0.3, -0.25) is 4.79 Å². The maximum absolute atomic E-state index is 11.0. The van der Waals surface area contributed by atoms with Crippen molar-refractivity contribution in [1.82, 2.24) is 0 Å². The highest BCUT2D eigenvalue weighted by atomic mass is 16.5. The molecule has 82 valence electrons. The normalized spacial score (nSPS) is 50.8. The van der Waals surface area contributed by atoms with Crippen molar-refractivity contribution in [1.29, 1.82) is 0 Å². The Hall–Kier alpha value is -0.830. The van der Waals surface area contributed by atoms with E-state index < -0.39 is 0 Å². The molecule has 2 fully saturated rings. The van der Waals surface area contributed by atoms with E-state index in [1.807, 2.05) is 0 Å². The summed E-state index contributed by atoms with van der Waals surface area (Å²) < 4.78 is 5.32. The van der Waals surface area contributed by atoms with Gasteiger partial charge in [0.05, 0.1) is 6.10 Å². The molecule has 3 rings (SSSR count). The number of carbonyl (C=O) groups is 1. The quantitative estimate of drug-likeness (QED) is 0.519. The standard InChI is InChI=1S/C12H16O3/c1-6(13)15-10-5-9(14)11-7-2-3-8(4-7)12(10)11/h2-3,7-12,14H,4-5H2,1H3/t7-,8+,9-,10+,11+,12-/m0/s1. The van der Waals surface area contributed by atoms with Crippen LogP contribution in [0, 0.1) is 23.7 Å². The Balaban J connectivity index is 1.83. The molecule has 0 aromatic carbocycles. The number of esters is 1. The van der Waals surface area contributed by atoms with Crippen LogP contribution in [0.3, 0.4) is 0 Å². The molecule has 3 aliphatic carbocycles. The van der Waals surface area contributed by atoms with Crippen LogP contribution in [0.5, 0.6) is 0 Å². The van der Waals surface area contributed by atoms with Crippen LogP contribution in [0.25, 0.3) is 0 Å². The van der Waals surface area contributed by atoms with E-state index in [9.17, 15) is 9.90 Å². The molecule has 0 heterocycles. The average Bonchev–Trinajstić information content (AvgIpc) is 2.78. The average molecular weight is 208 g/mol. The molecule has 15 heavy (non-hydrogen) atoms. The van der Waals surface area contributed by atoms with Crippen molar-refractivity contribution in [2.24, 2.45) is 23.7 Å². The van der Waals surface area contributed by atoms with Gasteiger partial charge >= 0.3 is 5.97 Å². The van der Waals surface area contributed by atoms with E-state index in [4.69, 9.17) is 4.74 Å². The molecule has 0 aromatic rings. The van der Waals surface area contributed by atoms with Gasteiger partial charge in [-0.15, -0.1) is 0 Å². The number of aliphatic hydroxyl groups is 1. The van der Waals surface area contributed by atoms with E-state index in [-0.39, 0.29) is 18.2 Å². The van der Waals surface area contributed by atoms with E-state index in [1.165, 1.54) is 6.92 Å². The monoisotopic (exact) mass is 208 g/mol. The van der Waals surface area contributed by atoms with E-state index >= 15 is 0 Å². The highest BCUT2D eigenvalue weighted by Gasteiger charge is 2.56. The number of hydrogen-bond acceptors (Lipinski definition) is 3. The predicted molar refractivity (Wildman–Crippen MR) is 53.9 cm³/mol. The Kier molecular flexibility index (Phi) is 1.93. The number of allylic oxidation sites excluding steroid dienone is 2. The summed E-state index contributed by atoms with van der Waals surface area (Å²) in [5.74, 6) is 1.54. The third kappa shape index (κ3) is 1.26. The Morgan fingerprint density at radius 1 is 1.27 bits per heavy atom. The summed E-state index contributed by atoms with van der Waals surface area (Å²) in [7, 11) is 0. The second kappa shape index (κ2) is 3.08. The fourth-order valence-corrected chi connectivity index (χ4v) is 3.86. The Morgan fingerprint density at radius 3 is 2.60 bits per heavy atom. The van der Waals surface area contributed by atoms with Crippen molar-refractivity contribution in [3.63, 3.8) is 0 Å². The summed E-state index contributed by atoms with van der Waals surface area (Å²) in [4.78, 5) is 11.0. The van der Waals surface area contributed by atoms with Crippen molar-refractivity contribution in [3.05, 3.63) is 12.2 Å². The largest absolute Gasteiger partial charge is 0.462 e. The van der Waals surface area contributed by atoms with Crippen molar-refractivity contribution in [2.75, 3.05) is 0 Å². The van der Waals surface area contributed by atoms with Gasteiger partial charge in [-0.1, -0.05) is 12.2 Å². The molecular formula is C12H16O3. The molecule has 1 N–H and O–H groups in total. The van der Waals surface area contributed by atoms with Gasteiger partial charge in [-0.25, -0.2) is 0 Å². The van der Waals surface area contributed by atoms with Crippen LogP contribution in [0.4, 0.5) is 0 Å². The molecule has 2 bridgehead atoms. The summed E-state index contributed by atoms with van der Waals surface area (Å²) >= 11 is 0. The molecule has 0 unspecified atom stereocenters. The Labute approximate surface area is 89.1 Å². The van der Waals surface area contributed by atoms with Gasteiger partial charge in [0.15, 0.2) is 0 Å². The first-order chi connectivity index (χ1) is 7.16. The van der Waals surface area contributed by atoms with Gasteiger partial charge in [0, 0.05) is 19.3 Å². The van der Waals surface area contributed by atoms with Crippen LogP contribution < -0.4 is 0 Å². The molecule has 6 atom stereocenters. The summed E-state index contributed by atoms with van der Waals surface area (Å²) in [6.45, 7) is 1.45. The fourth-order valence-electron chi connectivity index (χ4n) is 3.86. The maximum atomic E-state index is 11.0. The van der Waals surface area contributed by atoms with E-state index in [0.29, 0.717) is 30.1 Å². The van der Waals surface area contributed by atoms with Crippen LogP contribution in [0.2, 0.25) is 0 Å². The highest BCUT2D eigenvalue weighted by molar-refractivity contribution is 5.66. The van der Waals surface area contributed by atoms with Gasteiger partial charge in [-0.05, 0) is 24.2 Å². The Bertz CT molecular complexity index is 323. The summed E-state index contributed by atoms with van der Waals surface area (Å²) in [6, 6.07) is 0. The van der Waals surface area contributed by atoms with Crippen molar-refractivity contribution in [3.8, 4) is 0 Å². The van der Waals surface area contributed by atoms with Crippen molar-refractivity contribution in [2.45, 2.75) is 32.0 Å². The molecule has 3 aliphatic rings. The van der Waals surface area contributed by atoms with Crippen LogP contribution in [0.1, 0.15) is 19.8 Å². The zero-order valence-corrected chi connectivity index (χ0v) is 8.80. The Morgan fingerprint density at radius 2 is 1.93 bits per heavy atom. The number of aliphatic hydroxyl groups excluding tert-OH is 1. The smallest absolute Gasteiger partial charge is 0.302 e. The minimum atomic E-state index is -0.278. The highest BCUT2D eigenvalue weighted by Crippen LogP contribution is 2.56. The molecule has 3 nitrogen and oxygen atoms in total. The van der Waals surface area contributed by atoms with Crippen LogP contribution in [-0.4, -0.2) is 23.3 Å². The lowest BCUT2D eigenvalue weighted by atomic mass is 9.84. The fraction of sp³-hybridized carbons (Fsp3) is 0.750. The van der Waals surface area contributed by atoms with Gasteiger partial charge in [0.25, 0.3) is 0 Å². The number of rotatable bonds is 1. The van der Waals surface area contributed by atoms with Crippen LogP contribution in [-0.2, 0) is 9.53 Å². The van der Waals surface area contributed by atoms with Crippen molar-refractivity contribution < 1.29 is 14.6 Å². The number of ether oxygens (including phenoxy) is 1. The van der Waals surface area contributed by atoms with E-state index in [0.717, 1.165) is 6.42 Å². The second-order valence-electron chi connectivity index (χ2n) is 5.05. The number of fused-ring (bicyclic) bond motifs is 5. The molecule has 0 amide bonds. The van der Waals surface area contributed by atoms with Gasteiger partial charge in [0.1, 0.15) is 6.10 Å². The molecule has 0 radical (unpaired) electrons. The first-order valence-electron chi connectivity index (χ1n) is 5.70. The van der Waals surface area contributed by atoms with Gasteiger partial charge < -0.3 is 9.84 Å². The van der Waals surface area contributed by atoms with Crippen LogP contribution >= 0.6 is 0 Å². The molecule has 0 spiro atoms. The van der Waals surface area contributed by atoms with Crippen LogP contribution in [0.15, 0.2) is 12.2 Å². The molecule has 0 saturated heterocycles. The molecule has 0 aliphatic heterocycles. The van der Waals surface area contributed by atoms with Crippen molar-refractivity contribution >= 4 is 5.97 Å². The summed E-state index contributed by atoms with van der Waals surface area (Å²) in [6.07, 6.45) is 5.90. The lowest BCUT2D eigenvalue weighted by molar-refractivity contribution is -0.148. The number of hydrogen-bond donors (Lipinski definition) is 1. The second-order valence-corrected chi connectivity index (χ2v) is 5.05. The maximum Gasteiger partial charge on any atom is 0.302 e. The zero-order chi connectivity index (χ0) is 10.6. The van der Waals surface area contributed by atoms with Gasteiger partial charge in [-0.2, -0.15) is 0 Å². The predicted octanol–water partition coefficient (Wildman–Crippen LogP) is 1.12. The summed E-state index contributed by atoms with van der Waals surface area (Å²) in [5, 5.41) is 9.98. The molecule has 3 heteroatoms. The SMILES string of the molecule is CC(=O)O[C@@H]1C[C@H](O)[C@@H]2[C@H]1[C@@H]1C=C[C@H]2C1. The third-order valence-corrected chi connectivity index (χ3v) is 4.25. The molecule has 2 saturated carbocycles. The van der Waals surface area contributed by atoms with E-state index in [2.05, 4.69) is 12.2 Å². The lowest BCUT2D eigenvalue weighted by Gasteiger charge is -2.25. The topological polar surface area (TPSA) is 46.5 Å². The van der Waals surface area contributed by atoms with E-state index in [1.54, 1.807) is 0 Å². The molecule has 0 aromatic heterocycles. The third-order valence-electron chi connectivity index (χ3n) is 4.25. The van der Waals surface area contributed by atoms with Gasteiger partial charge in [0.2, 0.25) is 0 Å². The number of carbonyl (C=O) groups excluding carboxylic acids is 1. The minimum absolute atomic E-state index is 0.0533. The lowest BCUT2D eigenvalue weighted by Crippen LogP contribution is -2.28.